The number of carbonyl (C=O) groups is 2. The van der Waals surface area contributed by atoms with Gasteiger partial charge in [-0.2, -0.15) is 0 Å². The molecular formula is C30H41N3O6. The quantitative estimate of drug-likeness (QED) is 0.199. The number of nitrogens with one attached hydrogen (secondary N) is 2. The van der Waals surface area contributed by atoms with E-state index in [2.05, 4.69) is 10.9 Å². The number of rotatable bonds is 13. The van der Waals surface area contributed by atoms with E-state index < -0.39 is 23.2 Å². The van der Waals surface area contributed by atoms with Gasteiger partial charge in [-0.1, -0.05) is 44.2 Å². The van der Waals surface area contributed by atoms with Crippen molar-refractivity contribution < 1.29 is 28.9 Å². The predicted octanol–water partition coefficient (Wildman–Crippen LogP) is 4.10. The number of amides is 1. The maximum absolute atomic E-state index is 13.9. The van der Waals surface area contributed by atoms with E-state index in [-0.39, 0.29) is 25.4 Å². The summed E-state index contributed by atoms with van der Waals surface area (Å²) in [5.74, 6) is 0.459. The number of aliphatic hydroxyl groups is 1. The van der Waals surface area contributed by atoms with Gasteiger partial charge in [-0.3, -0.25) is 15.0 Å². The van der Waals surface area contributed by atoms with Gasteiger partial charge in [-0.15, -0.1) is 0 Å². The van der Waals surface area contributed by atoms with Gasteiger partial charge in [0.15, 0.2) is 11.6 Å². The van der Waals surface area contributed by atoms with Gasteiger partial charge in [0.2, 0.25) is 5.90 Å². The molecule has 212 valence electrons. The molecule has 2 aromatic rings. The lowest BCUT2D eigenvalue weighted by molar-refractivity contribution is -0.155. The summed E-state index contributed by atoms with van der Waals surface area (Å²) in [6.07, 6.45) is -0.160. The van der Waals surface area contributed by atoms with Crippen LogP contribution >= 0.6 is 0 Å². The van der Waals surface area contributed by atoms with E-state index in [1.807, 2.05) is 77.1 Å². The first-order chi connectivity index (χ1) is 18.5. The zero-order valence-corrected chi connectivity index (χ0v) is 23.5. The number of benzene rings is 2. The van der Waals surface area contributed by atoms with Crippen molar-refractivity contribution in [3.05, 3.63) is 65.7 Å². The van der Waals surface area contributed by atoms with E-state index in [1.165, 1.54) is 0 Å². The molecule has 1 amide bonds. The number of hydrogen-bond acceptors (Lipinski definition) is 8. The van der Waals surface area contributed by atoms with Crippen molar-refractivity contribution in [2.24, 2.45) is 10.9 Å². The number of aliphatic imine (C=N–C) groups is 1. The third kappa shape index (κ3) is 8.53. The maximum Gasteiger partial charge on any atom is 0.306 e. The molecule has 0 spiro atoms. The van der Waals surface area contributed by atoms with Crippen LogP contribution in [0.3, 0.4) is 0 Å². The summed E-state index contributed by atoms with van der Waals surface area (Å²) < 4.78 is 17.6. The summed E-state index contributed by atoms with van der Waals surface area (Å²) in [4.78, 5) is 31.5. The number of hydrogen-bond donors (Lipinski definition) is 3. The molecule has 0 fully saturated rings. The molecule has 2 aromatic carbocycles. The molecule has 1 aliphatic heterocycles. The topological polar surface area (TPSA) is 118 Å². The van der Waals surface area contributed by atoms with E-state index in [4.69, 9.17) is 24.3 Å². The Morgan fingerprint density at radius 3 is 2.41 bits per heavy atom. The first kappa shape index (κ1) is 30.1. The van der Waals surface area contributed by atoms with Crippen LogP contribution in [0.1, 0.15) is 71.1 Å². The molecule has 0 saturated heterocycles. The largest absolute Gasteiger partial charge is 0.494 e. The van der Waals surface area contributed by atoms with Gasteiger partial charge in [0.25, 0.3) is 5.91 Å². The Morgan fingerprint density at radius 2 is 1.79 bits per heavy atom. The Bertz CT molecular complexity index is 1110. The first-order valence-electron chi connectivity index (χ1n) is 13.4. The normalized spacial score (nSPS) is 18.8. The average Bonchev–Trinajstić information content (AvgIpc) is 3.28. The highest BCUT2D eigenvalue weighted by Crippen LogP contribution is 2.43. The molecule has 3 N–H and O–H groups in total. The van der Waals surface area contributed by atoms with E-state index in [1.54, 1.807) is 12.1 Å². The van der Waals surface area contributed by atoms with Crippen LogP contribution in [0.2, 0.25) is 0 Å². The van der Waals surface area contributed by atoms with Gasteiger partial charge >= 0.3 is 5.97 Å². The average molecular weight is 540 g/mol. The molecule has 0 saturated carbocycles. The van der Waals surface area contributed by atoms with Gasteiger partial charge < -0.3 is 19.3 Å². The second-order valence-electron chi connectivity index (χ2n) is 11.0. The maximum atomic E-state index is 13.9. The van der Waals surface area contributed by atoms with Crippen molar-refractivity contribution in [2.45, 2.75) is 71.1 Å². The molecule has 39 heavy (non-hydrogen) atoms. The van der Waals surface area contributed by atoms with Gasteiger partial charge in [-0.05, 0) is 62.9 Å². The van der Waals surface area contributed by atoms with Gasteiger partial charge in [-0.25, -0.2) is 10.4 Å². The Morgan fingerprint density at radius 1 is 1.10 bits per heavy atom. The smallest absolute Gasteiger partial charge is 0.306 e. The van der Waals surface area contributed by atoms with Crippen molar-refractivity contribution in [1.29, 1.82) is 0 Å². The Hall–Kier alpha value is -3.43. The van der Waals surface area contributed by atoms with Crippen LogP contribution in [0.15, 0.2) is 59.6 Å². The molecule has 9 heteroatoms. The Kier molecular flexibility index (Phi) is 10.5. The molecular weight excluding hydrogens is 498 g/mol. The van der Waals surface area contributed by atoms with Crippen LogP contribution in [0.4, 0.5) is 0 Å². The van der Waals surface area contributed by atoms with Crippen LogP contribution in [0.25, 0.3) is 0 Å². The van der Waals surface area contributed by atoms with Crippen molar-refractivity contribution in [1.82, 2.24) is 10.9 Å². The number of aliphatic hydroxyl groups excluding tert-OH is 1. The standard InChI is InChI=1S/C30H41N3O6/c1-21(2)20-31-33-28(36)30(17-16-25(35)39-29(3,4)5)26(22-10-7-6-8-11-22)38-27(32-30)23-12-14-24(15-13-23)37-19-9-18-34/h6-8,10-15,21,26,31,34H,9,16-20H2,1-5H3,(H,33,36)/t26-,30-/m0/s1. The van der Waals surface area contributed by atoms with Gasteiger partial charge in [0, 0.05) is 31.6 Å². The molecule has 2 atom stereocenters. The lowest BCUT2D eigenvalue weighted by atomic mass is 9.83. The van der Waals surface area contributed by atoms with Crippen LogP contribution in [-0.2, 0) is 19.1 Å². The molecule has 1 aliphatic rings. The van der Waals surface area contributed by atoms with Crippen LogP contribution in [0, 0.1) is 5.92 Å². The summed E-state index contributed by atoms with van der Waals surface area (Å²) in [6, 6.07) is 16.6. The summed E-state index contributed by atoms with van der Waals surface area (Å²) in [5.41, 5.74) is 5.18. The number of nitrogens with zero attached hydrogens (tertiary/aromatic N) is 1. The highest BCUT2D eigenvalue weighted by Gasteiger charge is 2.53. The van der Waals surface area contributed by atoms with Crippen molar-refractivity contribution in [3.63, 3.8) is 0 Å². The lowest BCUT2D eigenvalue weighted by Gasteiger charge is -2.31. The fraction of sp³-hybridized carbons (Fsp3) is 0.500. The van der Waals surface area contributed by atoms with Crippen LogP contribution in [-0.4, -0.2) is 53.8 Å². The second kappa shape index (κ2) is 13.6. The Labute approximate surface area is 230 Å². The monoisotopic (exact) mass is 539 g/mol. The summed E-state index contributed by atoms with van der Waals surface area (Å²) in [7, 11) is 0. The van der Waals surface area contributed by atoms with Gasteiger partial charge in [0.05, 0.1) is 6.61 Å². The number of ether oxygens (including phenoxy) is 3. The van der Waals surface area contributed by atoms with E-state index >= 15 is 0 Å². The summed E-state index contributed by atoms with van der Waals surface area (Å²) >= 11 is 0. The number of hydrazine groups is 1. The van der Waals surface area contributed by atoms with Crippen molar-refractivity contribution in [2.75, 3.05) is 19.8 Å². The molecule has 0 radical (unpaired) electrons. The van der Waals surface area contributed by atoms with Crippen molar-refractivity contribution >= 4 is 17.8 Å². The zero-order chi connectivity index (χ0) is 28.5. The van der Waals surface area contributed by atoms with Crippen LogP contribution in [0.5, 0.6) is 5.75 Å². The SMILES string of the molecule is CC(C)CNNC(=O)[C@@]1(CCC(=O)OC(C)(C)C)N=C(c2ccc(OCCCO)cc2)O[C@H]1c1ccccc1. The summed E-state index contributed by atoms with van der Waals surface area (Å²) in [5, 5.41) is 8.98. The molecule has 9 nitrogen and oxygen atoms in total. The lowest BCUT2D eigenvalue weighted by Crippen LogP contribution is -2.53. The molecule has 3 rings (SSSR count). The first-order valence-corrected chi connectivity index (χ1v) is 13.4. The van der Waals surface area contributed by atoms with Gasteiger partial charge in [0.1, 0.15) is 11.4 Å². The zero-order valence-electron chi connectivity index (χ0n) is 23.5. The minimum Gasteiger partial charge on any atom is -0.494 e. The third-order valence-corrected chi connectivity index (χ3v) is 5.97. The van der Waals surface area contributed by atoms with Crippen LogP contribution < -0.4 is 15.6 Å². The Balaban J connectivity index is 1.97. The molecule has 0 aliphatic carbocycles. The highest BCUT2D eigenvalue weighted by atomic mass is 16.6. The number of carbonyl (C=O) groups excluding carboxylic acids is 2. The number of esters is 1. The minimum atomic E-state index is -1.42. The fourth-order valence-corrected chi connectivity index (χ4v) is 4.13. The second-order valence-corrected chi connectivity index (χ2v) is 11.0. The highest BCUT2D eigenvalue weighted by molar-refractivity contribution is 6.01. The molecule has 0 unspecified atom stereocenters. The summed E-state index contributed by atoms with van der Waals surface area (Å²) in [6.45, 7) is 10.5. The van der Waals surface area contributed by atoms with E-state index in [0.29, 0.717) is 42.7 Å². The van der Waals surface area contributed by atoms with E-state index in [0.717, 1.165) is 5.56 Å². The van der Waals surface area contributed by atoms with Crippen molar-refractivity contribution in [3.8, 4) is 5.75 Å². The molecule has 0 bridgehead atoms. The fourth-order valence-electron chi connectivity index (χ4n) is 4.13. The van der Waals surface area contributed by atoms with E-state index in [9.17, 15) is 9.59 Å². The molecule has 1 heterocycles. The minimum absolute atomic E-state index is 0.0179. The third-order valence-electron chi connectivity index (χ3n) is 5.97. The predicted molar refractivity (Wildman–Crippen MR) is 149 cm³/mol. The molecule has 0 aromatic heterocycles.